The van der Waals surface area contributed by atoms with E-state index < -0.39 is 10.8 Å². The van der Waals surface area contributed by atoms with Crippen LogP contribution in [0.2, 0.25) is 0 Å². The summed E-state index contributed by atoms with van der Waals surface area (Å²) in [7, 11) is 0. The number of fused-ring (bicyclic) bond motifs is 7. The summed E-state index contributed by atoms with van der Waals surface area (Å²) in [4.78, 5) is 20.7. The van der Waals surface area contributed by atoms with Gasteiger partial charge in [0.15, 0.2) is 11.6 Å². The average Bonchev–Trinajstić information content (AvgIpc) is 3.64. The molecule has 0 amide bonds. The van der Waals surface area contributed by atoms with Crippen molar-refractivity contribution in [2.24, 2.45) is 20.0 Å². The molecule has 0 atom stereocenters. The summed E-state index contributed by atoms with van der Waals surface area (Å²) in [6.07, 6.45) is 0. The SMILES string of the molecule is CC1(C)C2=NC(=C3N=C(c4ccccc4)C(=N3)C(C)(C)c3cccc(c3)-c3cccc1c3)N=C2c1ccccc1. The summed E-state index contributed by atoms with van der Waals surface area (Å²) in [6, 6.07) is 38.3. The van der Waals surface area contributed by atoms with Crippen LogP contribution < -0.4 is 0 Å². The maximum Gasteiger partial charge on any atom is 0.198 e. The molecule has 0 spiro atoms. The van der Waals surface area contributed by atoms with Crippen molar-refractivity contribution >= 4 is 22.8 Å². The van der Waals surface area contributed by atoms with Gasteiger partial charge in [-0.05, 0) is 22.3 Å². The van der Waals surface area contributed by atoms with Gasteiger partial charge >= 0.3 is 0 Å². The summed E-state index contributed by atoms with van der Waals surface area (Å²) in [5.41, 5.74) is 9.55. The highest BCUT2D eigenvalue weighted by molar-refractivity contribution is 6.53. The first kappa shape index (κ1) is 24.3. The number of benzene rings is 4. The fourth-order valence-corrected chi connectivity index (χ4v) is 5.80. The Hall–Kier alpha value is -4.70. The van der Waals surface area contributed by atoms with Crippen LogP contribution >= 0.6 is 0 Å². The van der Waals surface area contributed by atoms with Crippen LogP contribution in [0.3, 0.4) is 0 Å². The molecule has 8 bridgehead atoms. The van der Waals surface area contributed by atoms with Gasteiger partial charge in [0.05, 0.1) is 22.8 Å². The Kier molecular flexibility index (Phi) is 5.43. The topological polar surface area (TPSA) is 49.4 Å². The zero-order valence-corrected chi connectivity index (χ0v) is 23.2. The molecule has 7 rings (SSSR count). The Labute approximate surface area is 235 Å². The largest absolute Gasteiger partial charge is 0.227 e. The normalized spacial score (nSPS) is 18.4. The van der Waals surface area contributed by atoms with Gasteiger partial charge in [-0.25, -0.2) is 20.0 Å². The molecule has 0 aromatic heterocycles. The van der Waals surface area contributed by atoms with Crippen LogP contribution in [0.15, 0.2) is 141 Å². The smallest absolute Gasteiger partial charge is 0.198 e. The Bertz CT molecular complexity index is 1680. The average molecular weight is 519 g/mol. The van der Waals surface area contributed by atoms with Crippen molar-refractivity contribution in [3.05, 3.63) is 143 Å². The zero-order chi connectivity index (χ0) is 27.5. The van der Waals surface area contributed by atoms with Gasteiger partial charge in [0.1, 0.15) is 0 Å². The molecule has 0 fully saturated rings. The van der Waals surface area contributed by atoms with Crippen molar-refractivity contribution in [1.29, 1.82) is 0 Å². The molecule has 0 unspecified atom stereocenters. The van der Waals surface area contributed by atoms with Crippen molar-refractivity contribution < 1.29 is 0 Å². The minimum atomic E-state index is -0.412. The van der Waals surface area contributed by atoms with Crippen LogP contribution in [-0.2, 0) is 10.8 Å². The van der Waals surface area contributed by atoms with Gasteiger partial charge in [-0.3, -0.25) is 0 Å². The van der Waals surface area contributed by atoms with Crippen LogP contribution in [0, 0.1) is 0 Å². The van der Waals surface area contributed by atoms with Gasteiger partial charge < -0.3 is 0 Å². The Morgan fingerprint density at radius 1 is 0.400 bits per heavy atom. The Morgan fingerprint density at radius 2 is 0.775 bits per heavy atom. The van der Waals surface area contributed by atoms with Gasteiger partial charge in [0.25, 0.3) is 0 Å². The summed E-state index contributed by atoms with van der Waals surface area (Å²) in [6.45, 7) is 8.91. The number of rotatable bonds is 2. The molecule has 0 N–H and O–H groups in total. The molecule has 3 aliphatic rings. The van der Waals surface area contributed by atoms with Crippen LogP contribution in [0.1, 0.15) is 49.9 Å². The molecule has 3 aliphatic heterocycles. The molecular formula is C36H30N4. The number of hydrogen-bond acceptors (Lipinski definition) is 4. The predicted octanol–water partition coefficient (Wildman–Crippen LogP) is 7.94. The lowest BCUT2D eigenvalue weighted by molar-refractivity contribution is 0.723. The lowest BCUT2D eigenvalue weighted by Crippen LogP contribution is -2.34. The van der Waals surface area contributed by atoms with E-state index in [0.717, 1.165) is 34.0 Å². The summed E-state index contributed by atoms with van der Waals surface area (Å²) in [5.74, 6) is 1.12. The van der Waals surface area contributed by atoms with Crippen LogP contribution in [-0.4, -0.2) is 22.8 Å². The predicted molar refractivity (Wildman–Crippen MR) is 166 cm³/mol. The molecule has 194 valence electrons. The summed E-state index contributed by atoms with van der Waals surface area (Å²) >= 11 is 0. The van der Waals surface area contributed by atoms with E-state index in [2.05, 4.69) is 100 Å². The van der Waals surface area contributed by atoms with E-state index in [1.54, 1.807) is 0 Å². The Balaban J connectivity index is 1.56. The van der Waals surface area contributed by atoms with E-state index in [1.165, 1.54) is 22.3 Å². The molecule has 40 heavy (non-hydrogen) atoms. The second-order valence-electron chi connectivity index (χ2n) is 11.6. The maximum atomic E-state index is 5.20. The molecular weight excluding hydrogens is 488 g/mol. The third-order valence-electron chi connectivity index (χ3n) is 8.30. The van der Waals surface area contributed by atoms with Crippen molar-refractivity contribution in [2.75, 3.05) is 0 Å². The van der Waals surface area contributed by atoms with E-state index in [-0.39, 0.29) is 0 Å². The minimum Gasteiger partial charge on any atom is -0.227 e. The van der Waals surface area contributed by atoms with Crippen molar-refractivity contribution in [3.8, 4) is 11.1 Å². The van der Waals surface area contributed by atoms with Gasteiger partial charge in [-0.15, -0.1) is 0 Å². The highest BCUT2D eigenvalue weighted by Gasteiger charge is 2.39. The molecule has 3 heterocycles. The number of hydrogen-bond donors (Lipinski definition) is 0. The van der Waals surface area contributed by atoms with Gasteiger partial charge in [0, 0.05) is 22.0 Å². The van der Waals surface area contributed by atoms with Crippen LogP contribution in [0.25, 0.3) is 11.1 Å². The molecule has 0 saturated carbocycles. The fourth-order valence-electron chi connectivity index (χ4n) is 5.80. The van der Waals surface area contributed by atoms with Gasteiger partial charge in [-0.1, -0.05) is 137 Å². The van der Waals surface area contributed by atoms with Gasteiger partial charge in [0.2, 0.25) is 0 Å². The van der Waals surface area contributed by atoms with E-state index in [0.29, 0.717) is 11.6 Å². The Morgan fingerprint density at radius 3 is 1.18 bits per heavy atom. The molecule has 4 aromatic rings. The molecule has 0 saturated heterocycles. The molecule has 4 nitrogen and oxygen atoms in total. The van der Waals surface area contributed by atoms with Crippen molar-refractivity contribution in [1.82, 2.24) is 0 Å². The summed E-state index contributed by atoms with van der Waals surface area (Å²) in [5, 5.41) is 0. The first-order valence-corrected chi connectivity index (χ1v) is 13.8. The zero-order valence-electron chi connectivity index (χ0n) is 23.2. The maximum absolute atomic E-state index is 5.20. The highest BCUT2D eigenvalue weighted by Crippen LogP contribution is 2.39. The second-order valence-corrected chi connectivity index (χ2v) is 11.6. The van der Waals surface area contributed by atoms with Crippen molar-refractivity contribution in [3.63, 3.8) is 0 Å². The first-order chi connectivity index (χ1) is 19.3. The molecule has 0 aliphatic carbocycles. The van der Waals surface area contributed by atoms with Gasteiger partial charge in [-0.2, -0.15) is 0 Å². The van der Waals surface area contributed by atoms with E-state index in [4.69, 9.17) is 20.0 Å². The molecule has 4 heteroatoms. The second kappa shape index (κ2) is 8.92. The molecule has 4 aromatic carbocycles. The monoisotopic (exact) mass is 518 g/mol. The lowest BCUT2D eigenvalue weighted by atomic mass is 9.75. The van der Waals surface area contributed by atoms with Crippen molar-refractivity contribution in [2.45, 2.75) is 38.5 Å². The summed E-state index contributed by atoms with van der Waals surface area (Å²) < 4.78 is 0. The third kappa shape index (κ3) is 3.83. The standard InChI is InChI=1S/C36H30N4/c1-35(2)27-19-11-17-25(21-27)26-18-12-20-28(22-26)36(3,4)32-30(24-15-9-6-10-16-24)38-34(40-32)33-37-29(31(35)39-33)23-13-7-5-8-14-23/h5-22H,1-4H3. The first-order valence-electron chi connectivity index (χ1n) is 13.8. The highest BCUT2D eigenvalue weighted by atomic mass is 15.1. The van der Waals surface area contributed by atoms with Crippen LogP contribution in [0.4, 0.5) is 0 Å². The quantitative estimate of drug-likeness (QED) is 0.259. The van der Waals surface area contributed by atoms with Crippen LogP contribution in [0.5, 0.6) is 0 Å². The number of nitrogens with zero attached hydrogens (tertiary/aromatic N) is 4. The lowest BCUT2D eigenvalue weighted by Gasteiger charge is -2.28. The third-order valence-corrected chi connectivity index (χ3v) is 8.30. The molecule has 0 radical (unpaired) electrons. The van der Waals surface area contributed by atoms with E-state index in [9.17, 15) is 0 Å². The van der Waals surface area contributed by atoms with E-state index >= 15 is 0 Å². The fraction of sp³-hybridized carbons (Fsp3) is 0.167. The van der Waals surface area contributed by atoms with E-state index in [1.807, 2.05) is 36.4 Å². The minimum absolute atomic E-state index is 0.412. The number of aliphatic imine (C=N–C) groups is 4.